The molecule has 2 rings (SSSR count). The molecule has 0 saturated heterocycles. The maximum Gasteiger partial charge on any atom is 0.182 e. The van der Waals surface area contributed by atoms with Gasteiger partial charge in [-0.1, -0.05) is 0 Å². The lowest BCUT2D eigenvalue weighted by molar-refractivity contribution is 0.627. The molecule has 0 atom stereocenters. The lowest BCUT2D eigenvalue weighted by Crippen LogP contribution is -1.90. The van der Waals surface area contributed by atoms with Crippen LogP contribution in [0.3, 0.4) is 0 Å². The second-order valence-electron chi connectivity index (χ2n) is 2.87. The van der Waals surface area contributed by atoms with Crippen LogP contribution in [0.4, 0.5) is 4.39 Å². The highest BCUT2D eigenvalue weighted by Gasteiger charge is 2.07. The molecule has 0 amide bonds. The number of aromatic nitrogens is 3. The molecular formula is C9H7FIN3. The molecule has 0 unspecified atom stereocenters. The minimum atomic E-state index is -0.242. The van der Waals surface area contributed by atoms with Gasteiger partial charge in [-0.3, -0.25) is 4.68 Å². The lowest BCUT2D eigenvalue weighted by atomic mass is 10.2. The first-order chi connectivity index (χ1) is 6.66. The van der Waals surface area contributed by atoms with Crippen LogP contribution in [0.25, 0.3) is 11.4 Å². The normalized spacial score (nSPS) is 10.5. The van der Waals surface area contributed by atoms with E-state index in [4.69, 9.17) is 0 Å². The SMILES string of the molecule is Cn1cnc(-c2ccc(F)cc2I)n1. The fourth-order valence-corrected chi connectivity index (χ4v) is 1.85. The Labute approximate surface area is 94.1 Å². The van der Waals surface area contributed by atoms with Crippen LogP contribution in [-0.2, 0) is 7.05 Å². The van der Waals surface area contributed by atoms with Gasteiger partial charge < -0.3 is 0 Å². The smallest absolute Gasteiger partial charge is 0.182 e. The predicted molar refractivity (Wildman–Crippen MR) is 59.1 cm³/mol. The Balaban J connectivity index is 2.52. The van der Waals surface area contributed by atoms with Gasteiger partial charge in [0, 0.05) is 16.2 Å². The largest absolute Gasteiger partial charge is 0.255 e. The summed E-state index contributed by atoms with van der Waals surface area (Å²) < 4.78 is 15.3. The van der Waals surface area contributed by atoms with Crippen molar-refractivity contribution in [1.29, 1.82) is 0 Å². The molecule has 0 N–H and O–H groups in total. The molecule has 0 radical (unpaired) electrons. The van der Waals surface area contributed by atoms with E-state index in [1.165, 1.54) is 12.1 Å². The summed E-state index contributed by atoms with van der Waals surface area (Å²) in [5, 5.41) is 4.15. The molecule has 2 aromatic rings. The van der Waals surface area contributed by atoms with Crippen LogP contribution in [0, 0.1) is 9.39 Å². The fraction of sp³-hybridized carbons (Fsp3) is 0.111. The Morgan fingerprint density at radius 2 is 2.21 bits per heavy atom. The molecule has 3 nitrogen and oxygen atoms in total. The molecule has 0 aliphatic heterocycles. The average molecular weight is 303 g/mol. The van der Waals surface area contributed by atoms with Crippen molar-refractivity contribution in [3.05, 3.63) is 33.9 Å². The zero-order valence-electron chi connectivity index (χ0n) is 7.41. The predicted octanol–water partition coefficient (Wildman–Crippen LogP) is 2.23. The Morgan fingerprint density at radius 3 is 2.79 bits per heavy atom. The first-order valence-electron chi connectivity index (χ1n) is 3.98. The van der Waals surface area contributed by atoms with E-state index in [1.54, 1.807) is 24.1 Å². The van der Waals surface area contributed by atoms with E-state index in [9.17, 15) is 4.39 Å². The first-order valence-corrected chi connectivity index (χ1v) is 5.06. The highest BCUT2D eigenvalue weighted by Crippen LogP contribution is 2.22. The second kappa shape index (κ2) is 3.64. The number of rotatable bonds is 1. The molecule has 1 aromatic carbocycles. The van der Waals surface area contributed by atoms with Gasteiger partial charge >= 0.3 is 0 Å². The number of hydrogen-bond acceptors (Lipinski definition) is 2. The maximum absolute atomic E-state index is 12.8. The fourth-order valence-electron chi connectivity index (χ4n) is 1.13. The number of hydrogen-bond donors (Lipinski definition) is 0. The molecule has 0 spiro atoms. The van der Waals surface area contributed by atoms with Crippen LogP contribution in [0.5, 0.6) is 0 Å². The van der Waals surface area contributed by atoms with Crippen LogP contribution >= 0.6 is 22.6 Å². The summed E-state index contributed by atoms with van der Waals surface area (Å²) in [7, 11) is 1.80. The van der Waals surface area contributed by atoms with Crippen molar-refractivity contribution < 1.29 is 4.39 Å². The number of benzene rings is 1. The van der Waals surface area contributed by atoms with E-state index in [0.717, 1.165) is 9.13 Å². The van der Waals surface area contributed by atoms with Gasteiger partial charge in [0.15, 0.2) is 5.82 Å². The van der Waals surface area contributed by atoms with Crippen LogP contribution in [0.2, 0.25) is 0 Å². The van der Waals surface area contributed by atoms with Crippen molar-refractivity contribution >= 4 is 22.6 Å². The summed E-state index contributed by atoms with van der Waals surface area (Å²) in [4.78, 5) is 4.10. The van der Waals surface area contributed by atoms with Crippen molar-refractivity contribution in [2.45, 2.75) is 0 Å². The zero-order valence-corrected chi connectivity index (χ0v) is 9.56. The Bertz CT molecular complexity index is 467. The summed E-state index contributed by atoms with van der Waals surface area (Å²) >= 11 is 2.07. The van der Waals surface area contributed by atoms with E-state index in [-0.39, 0.29) is 5.82 Å². The summed E-state index contributed by atoms with van der Waals surface area (Å²) in [5.74, 6) is 0.381. The van der Waals surface area contributed by atoms with Gasteiger partial charge in [-0.2, -0.15) is 5.10 Å². The Kier molecular flexibility index (Phi) is 2.49. The highest BCUT2D eigenvalue weighted by molar-refractivity contribution is 14.1. The first kappa shape index (κ1) is 9.57. The van der Waals surface area contributed by atoms with E-state index in [1.807, 2.05) is 0 Å². The summed E-state index contributed by atoms with van der Waals surface area (Å²) in [6.07, 6.45) is 1.62. The molecule has 0 aliphatic rings. The van der Waals surface area contributed by atoms with Gasteiger partial charge in [-0.25, -0.2) is 9.37 Å². The zero-order chi connectivity index (χ0) is 10.1. The molecule has 1 aromatic heterocycles. The van der Waals surface area contributed by atoms with Crippen molar-refractivity contribution in [2.24, 2.45) is 7.05 Å². The number of halogens is 2. The van der Waals surface area contributed by atoms with Gasteiger partial charge in [-0.15, -0.1) is 0 Å². The van der Waals surface area contributed by atoms with Gasteiger partial charge in [-0.05, 0) is 40.8 Å². The molecule has 0 fully saturated rings. The average Bonchev–Trinajstić information content (AvgIpc) is 2.51. The second-order valence-corrected chi connectivity index (χ2v) is 4.03. The van der Waals surface area contributed by atoms with Crippen LogP contribution in [-0.4, -0.2) is 14.8 Å². The maximum atomic E-state index is 12.8. The minimum absolute atomic E-state index is 0.242. The van der Waals surface area contributed by atoms with Crippen molar-refractivity contribution in [3.63, 3.8) is 0 Å². The molecule has 1 heterocycles. The molecule has 0 aliphatic carbocycles. The summed E-state index contributed by atoms with van der Waals surface area (Å²) in [5.41, 5.74) is 0.854. The van der Waals surface area contributed by atoms with Gasteiger partial charge in [0.2, 0.25) is 0 Å². The quantitative estimate of drug-likeness (QED) is 0.756. The van der Waals surface area contributed by atoms with E-state index < -0.39 is 0 Å². The molecule has 14 heavy (non-hydrogen) atoms. The van der Waals surface area contributed by atoms with E-state index in [2.05, 4.69) is 32.7 Å². The number of aryl methyl sites for hydroxylation is 1. The third-order valence-corrected chi connectivity index (χ3v) is 2.66. The molecular weight excluding hydrogens is 296 g/mol. The van der Waals surface area contributed by atoms with E-state index in [0.29, 0.717) is 5.82 Å². The minimum Gasteiger partial charge on any atom is -0.255 e. The van der Waals surface area contributed by atoms with E-state index >= 15 is 0 Å². The standard InChI is InChI=1S/C9H7FIN3/c1-14-5-12-9(13-14)7-3-2-6(10)4-8(7)11/h2-5H,1H3. The van der Waals surface area contributed by atoms with Crippen LogP contribution in [0.15, 0.2) is 24.5 Å². The van der Waals surface area contributed by atoms with Gasteiger partial charge in [0.05, 0.1) is 0 Å². The van der Waals surface area contributed by atoms with Gasteiger partial charge in [0.1, 0.15) is 12.1 Å². The van der Waals surface area contributed by atoms with Gasteiger partial charge in [0.25, 0.3) is 0 Å². The third kappa shape index (κ3) is 1.77. The number of nitrogens with zero attached hydrogens (tertiary/aromatic N) is 3. The summed E-state index contributed by atoms with van der Waals surface area (Å²) in [6, 6.07) is 4.56. The Hall–Kier alpha value is -0.980. The molecule has 0 bridgehead atoms. The van der Waals surface area contributed by atoms with Crippen molar-refractivity contribution in [3.8, 4) is 11.4 Å². The van der Waals surface area contributed by atoms with Crippen LogP contribution < -0.4 is 0 Å². The highest BCUT2D eigenvalue weighted by atomic mass is 127. The van der Waals surface area contributed by atoms with Crippen molar-refractivity contribution in [1.82, 2.24) is 14.8 Å². The molecule has 5 heteroatoms. The third-order valence-electron chi connectivity index (χ3n) is 1.77. The molecule has 72 valence electrons. The molecule has 0 saturated carbocycles. The van der Waals surface area contributed by atoms with Crippen LogP contribution in [0.1, 0.15) is 0 Å². The van der Waals surface area contributed by atoms with Crippen molar-refractivity contribution in [2.75, 3.05) is 0 Å². The topological polar surface area (TPSA) is 30.7 Å². The lowest BCUT2D eigenvalue weighted by Gasteiger charge is -1.98. The summed E-state index contributed by atoms with van der Waals surface area (Å²) in [6.45, 7) is 0. The monoisotopic (exact) mass is 303 g/mol. The Morgan fingerprint density at radius 1 is 1.43 bits per heavy atom.